The molecule has 0 bridgehead atoms. The first-order chi connectivity index (χ1) is 8.56. The molecule has 3 nitrogen and oxygen atoms in total. The number of nitrogens with zero attached hydrogens (tertiary/aromatic N) is 1. The van der Waals surface area contributed by atoms with E-state index in [1.807, 2.05) is 0 Å². The largest absolute Gasteiger partial charge is 0.319 e. The molecule has 1 heterocycles. The number of benzene rings is 1. The summed E-state index contributed by atoms with van der Waals surface area (Å²) in [5.41, 5.74) is 0.0461. The van der Waals surface area contributed by atoms with Gasteiger partial charge in [0.25, 0.3) is 5.91 Å². The number of hydrogen-bond acceptors (Lipinski definition) is 2. The van der Waals surface area contributed by atoms with E-state index in [1.54, 1.807) is 6.07 Å². The van der Waals surface area contributed by atoms with Crippen molar-refractivity contribution >= 4 is 27.5 Å². The van der Waals surface area contributed by atoms with Crippen LogP contribution in [0.4, 0.5) is 14.5 Å². The quantitative estimate of drug-likeness (QED) is 0.864. The Hall–Kier alpha value is -1.82. The lowest BCUT2D eigenvalue weighted by atomic mass is 10.2. The van der Waals surface area contributed by atoms with Crippen LogP contribution in [0.5, 0.6) is 0 Å². The average Bonchev–Trinajstić information content (AvgIpc) is 2.34. The maximum absolute atomic E-state index is 13.3. The van der Waals surface area contributed by atoms with Crippen LogP contribution in [0.1, 0.15) is 10.4 Å². The molecule has 0 radical (unpaired) electrons. The maximum Gasteiger partial charge on any atom is 0.257 e. The maximum atomic E-state index is 13.3. The lowest BCUT2D eigenvalue weighted by Crippen LogP contribution is -2.13. The highest BCUT2D eigenvalue weighted by Crippen LogP contribution is 2.16. The minimum atomic E-state index is -0.699. The van der Waals surface area contributed by atoms with Crippen molar-refractivity contribution in [3.05, 3.63) is 58.3 Å². The second kappa shape index (κ2) is 5.22. The van der Waals surface area contributed by atoms with Crippen LogP contribution in [-0.2, 0) is 0 Å². The fraction of sp³-hybridized carbons (Fsp3) is 0. The fourth-order valence-electron chi connectivity index (χ4n) is 1.30. The molecule has 0 fully saturated rings. The van der Waals surface area contributed by atoms with Crippen LogP contribution in [0.3, 0.4) is 0 Å². The van der Waals surface area contributed by atoms with Crippen molar-refractivity contribution in [2.45, 2.75) is 0 Å². The van der Waals surface area contributed by atoms with Crippen molar-refractivity contribution in [2.24, 2.45) is 0 Å². The Labute approximate surface area is 110 Å². The molecule has 18 heavy (non-hydrogen) atoms. The second-order valence-corrected chi connectivity index (χ2v) is 4.26. The standard InChI is InChI=1S/C12H7BrF2N2O/c13-11-4-1-7(6-16-11)12(18)17-10-5-8(14)2-3-9(10)15/h1-6H,(H,17,18). The summed E-state index contributed by atoms with van der Waals surface area (Å²) in [6.45, 7) is 0. The number of carbonyl (C=O) groups is 1. The van der Waals surface area contributed by atoms with Gasteiger partial charge in [-0.2, -0.15) is 0 Å². The number of halogens is 3. The Kier molecular flexibility index (Phi) is 3.66. The lowest BCUT2D eigenvalue weighted by molar-refractivity contribution is 0.102. The number of hydrogen-bond donors (Lipinski definition) is 1. The van der Waals surface area contributed by atoms with Crippen molar-refractivity contribution in [3.63, 3.8) is 0 Å². The SMILES string of the molecule is O=C(Nc1cc(F)ccc1F)c1ccc(Br)nc1. The second-order valence-electron chi connectivity index (χ2n) is 3.45. The predicted octanol–water partition coefficient (Wildman–Crippen LogP) is 3.37. The highest BCUT2D eigenvalue weighted by molar-refractivity contribution is 9.10. The molecular formula is C12H7BrF2N2O. The van der Waals surface area contributed by atoms with Gasteiger partial charge in [-0.15, -0.1) is 0 Å². The van der Waals surface area contributed by atoms with Gasteiger partial charge < -0.3 is 5.32 Å². The molecule has 0 aliphatic carbocycles. The molecule has 0 aliphatic heterocycles. The van der Waals surface area contributed by atoms with E-state index in [1.165, 1.54) is 12.3 Å². The molecule has 0 spiro atoms. The molecule has 2 rings (SSSR count). The molecule has 1 N–H and O–H groups in total. The summed E-state index contributed by atoms with van der Waals surface area (Å²) in [6.07, 6.45) is 1.33. The van der Waals surface area contributed by atoms with Crippen LogP contribution in [0.2, 0.25) is 0 Å². The average molecular weight is 313 g/mol. The molecule has 0 atom stereocenters. The number of aromatic nitrogens is 1. The van der Waals surface area contributed by atoms with Crippen LogP contribution >= 0.6 is 15.9 Å². The van der Waals surface area contributed by atoms with E-state index in [0.29, 0.717) is 4.60 Å². The van der Waals surface area contributed by atoms with Crippen LogP contribution in [0.25, 0.3) is 0 Å². The van der Waals surface area contributed by atoms with Gasteiger partial charge in [-0.25, -0.2) is 13.8 Å². The molecule has 0 saturated carbocycles. The minimum absolute atomic E-state index is 0.206. The molecule has 1 aromatic carbocycles. The van der Waals surface area contributed by atoms with Crippen molar-refractivity contribution in [2.75, 3.05) is 5.32 Å². The molecule has 0 unspecified atom stereocenters. The van der Waals surface area contributed by atoms with Gasteiger partial charge in [0.2, 0.25) is 0 Å². The number of anilines is 1. The zero-order chi connectivity index (χ0) is 13.1. The Morgan fingerprint density at radius 3 is 2.67 bits per heavy atom. The minimum Gasteiger partial charge on any atom is -0.319 e. The number of amides is 1. The summed E-state index contributed by atoms with van der Waals surface area (Å²) in [5.74, 6) is -1.88. The Morgan fingerprint density at radius 1 is 1.22 bits per heavy atom. The van der Waals surface area contributed by atoms with Gasteiger partial charge >= 0.3 is 0 Å². The topological polar surface area (TPSA) is 42.0 Å². The molecule has 0 aliphatic rings. The van der Waals surface area contributed by atoms with Gasteiger partial charge in [-0.3, -0.25) is 4.79 Å². The first-order valence-electron chi connectivity index (χ1n) is 4.94. The Bertz CT molecular complexity index is 587. The van der Waals surface area contributed by atoms with E-state index in [9.17, 15) is 13.6 Å². The molecule has 1 amide bonds. The predicted molar refractivity (Wildman–Crippen MR) is 66.2 cm³/mol. The zero-order valence-corrected chi connectivity index (χ0v) is 10.5. The van der Waals surface area contributed by atoms with Gasteiger partial charge in [-0.1, -0.05) is 0 Å². The monoisotopic (exact) mass is 312 g/mol. The Balaban J connectivity index is 2.21. The highest BCUT2D eigenvalue weighted by Gasteiger charge is 2.10. The van der Waals surface area contributed by atoms with Gasteiger partial charge in [0, 0.05) is 12.3 Å². The van der Waals surface area contributed by atoms with Gasteiger partial charge in [0.05, 0.1) is 11.3 Å². The van der Waals surface area contributed by atoms with Crippen LogP contribution in [0, 0.1) is 11.6 Å². The molecule has 0 saturated heterocycles. The fourth-order valence-corrected chi connectivity index (χ4v) is 1.53. The van der Waals surface area contributed by atoms with E-state index in [-0.39, 0.29) is 11.3 Å². The van der Waals surface area contributed by atoms with E-state index in [4.69, 9.17) is 0 Å². The van der Waals surface area contributed by atoms with E-state index >= 15 is 0 Å². The zero-order valence-electron chi connectivity index (χ0n) is 8.95. The summed E-state index contributed by atoms with van der Waals surface area (Å²) < 4.78 is 26.8. The smallest absolute Gasteiger partial charge is 0.257 e. The molecule has 6 heteroatoms. The van der Waals surface area contributed by atoms with Crippen molar-refractivity contribution < 1.29 is 13.6 Å². The van der Waals surface area contributed by atoms with E-state index in [0.717, 1.165) is 18.2 Å². The van der Waals surface area contributed by atoms with E-state index < -0.39 is 17.5 Å². The lowest BCUT2D eigenvalue weighted by Gasteiger charge is -2.06. The van der Waals surface area contributed by atoms with Crippen LogP contribution < -0.4 is 5.32 Å². The number of carbonyl (C=O) groups excluding carboxylic acids is 1. The van der Waals surface area contributed by atoms with E-state index in [2.05, 4.69) is 26.2 Å². The van der Waals surface area contributed by atoms with Crippen molar-refractivity contribution in [3.8, 4) is 0 Å². The first-order valence-corrected chi connectivity index (χ1v) is 5.73. The van der Waals surface area contributed by atoms with Gasteiger partial charge in [0.15, 0.2) is 0 Å². The third kappa shape index (κ3) is 2.89. The summed E-state index contributed by atoms with van der Waals surface area (Å²) in [6, 6.07) is 5.94. The summed E-state index contributed by atoms with van der Waals surface area (Å²) in [4.78, 5) is 15.6. The number of pyridine rings is 1. The van der Waals surface area contributed by atoms with Crippen molar-refractivity contribution in [1.82, 2.24) is 4.98 Å². The summed E-state index contributed by atoms with van der Waals surface area (Å²) >= 11 is 3.13. The number of rotatable bonds is 2. The first kappa shape index (κ1) is 12.6. The van der Waals surface area contributed by atoms with Crippen molar-refractivity contribution in [1.29, 1.82) is 0 Å². The van der Waals surface area contributed by atoms with Crippen LogP contribution in [-0.4, -0.2) is 10.9 Å². The Morgan fingerprint density at radius 2 is 2.00 bits per heavy atom. The molecular weight excluding hydrogens is 306 g/mol. The highest BCUT2D eigenvalue weighted by atomic mass is 79.9. The molecule has 1 aromatic heterocycles. The summed E-state index contributed by atoms with van der Waals surface area (Å²) in [5, 5.41) is 2.28. The van der Waals surface area contributed by atoms with Gasteiger partial charge in [0.1, 0.15) is 16.2 Å². The molecule has 2 aromatic rings. The van der Waals surface area contributed by atoms with Crippen LogP contribution in [0.15, 0.2) is 41.1 Å². The third-order valence-corrected chi connectivity index (χ3v) is 2.64. The third-order valence-electron chi connectivity index (χ3n) is 2.17. The summed E-state index contributed by atoms with van der Waals surface area (Å²) in [7, 11) is 0. The number of nitrogens with one attached hydrogen (secondary N) is 1. The van der Waals surface area contributed by atoms with Gasteiger partial charge in [-0.05, 0) is 40.2 Å². The normalized spacial score (nSPS) is 10.2. The molecule has 92 valence electrons.